The Balaban J connectivity index is 2.17. The first kappa shape index (κ1) is 15.2. The molecule has 0 bridgehead atoms. The fraction of sp³-hybridized carbons (Fsp3) is 0.467. The van der Waals surface area contributed by atoms with E-state index in [9.17, 15) is 9.59 Å². The van der Waals surface area contributed by atoms with Crippen molar-refractivity contribution in [2.45, 2.75) is 25.3 Å². The lowest BCUT2D eigenvalue weighted by Crippen LogP contribution is -2.38. The van der Waals surface area contributed by atoms with E-state index in [-0.39, 0.29) is 24.3 Å². The Morgan fingerprint density at radius 2 is 2.05 bits per heavy atom. The van der Waals surface area contributed by atoms with Crippen molar-refractivity contribution in [1.29, 1.82) is 0 Å². The quantitative estimate of drug-likeness (QED) is 0.799. The highest BCUT2D eigenvalue weighted by atomic mass is 16.5. The predicted molar refractivity (Wildman–Crippen MR) is 75.8 cm³/mol. The molecule has 0 aromatic heterocycles. The molecule has 0 heterocycles. The van der Waals surface area contributed by atoms with Crippen molar-refractivity contribution in [2.24, 2.45) is 5.92 Å². The van der Waals surface area contributed by atoms with E-state index in [1.807, 2.05) is 0 Å². The fourth-order valence-electron chi connectivity index (χ4n) is 2.33. The number of hydrogen-bond acceptors (Lipinski definition) is 4. The van der Waals surface area contributed by atoms with Gasteiger partial charge in [0.05, 0.1) is 26.2 Å². The molecule has 0 radical (unpaired) electrons. The summed E-state index contributed by atoms with van der Waals surface area (Å²) in [6.07, 6.45) is 1.84. The first-order valence-electron chi connectivity index (χ1n) is 6.80. The molecule has 0 spiro atoms. The van der Waals surface area contributed by atoms with Crippen molar-refractivity contribution >= 4 is 11.9 Å². The molecule has 1 aromatic carbocycles. The van der Waals surface area contributed by atoms with Crippen LogP contribution in [0.25, 0.3) is 0 Å². The molecule has 6 nitrogen and oxygen atoms in total. The summed E-state index contributed by atoms with van der Waals surface area (Å²) in [7, 11) is 2.96. The molecule has 1 aromatic rings. The van der Waals surface area contributed by atoms with Gasteiger partial charge in [-0.3, -0.25) is 9.59 Å². The molecule has 0 aliphatic heterocycles. The van der Waals surface area contributed by atoms with E-state index in [1.54, 1.807) is 18.2 Å². The number of nitrogens with one attached hydrogen (secondary N) is 1. The van der Waals surface area contributed by atoms with E-state index < -0.39 is 5.97 Å². The van der Waals surface area contributed by atoms with Crippen molar-refractivity contribution in [3.63, 3.8) is 0 Å². The van der Waals surface area contributed by atoms with Crippen molar-refractivity contribution in [2.75, 3.05) is 14.2 Å². The van der Waals surface area contributed by atoms with Gasteiger partial charge in [-0.15, -0.1) is 0 Å². The van der Waals surface area contributed by atoms with Crippen molar-refractivity contribution < 1.29 is 24.2 Å². The number of amides is 1. The van der Waals surface area contributed by atoms with Crippen LogP contribution in [0.3, 0.4) is 0 Å². The second-order valence-electron chi connectivity index (χ2n) is 5.06. The first-order valence-corrected chi connectivity index (χ1v) is 6.80. The van der Waals surface area contributed by atoms with Crippen molar-refractivity contribution in [3.05, 3.63) is 23.8 Å². The Labute approximate surface area is 123 Å². The van der Waals surface area contributed by atoms with Gasteiger partial charge in [-0.2, -0.15) is 0 Å². The molecule has 6 heteroatoms. The Morgan fingerprint density at radius 1 is 1.33 bits per heavy atom. The van der Waals surface area contributed by atoms with Gasteiger partial charge in [-0.25, -0.2) is 0 Å². The summed E-state index contributed by atoms with van der Waals surface area (Å²) in [6, 6.07) is 4.68. The molecule has 21 heavy (non-hydrogen) atoms. The van der Waals surface area contributed by atoms with Crippen LogP contribution in [0.4, 0.5) is 0 Å². The molecule has 1 aliphatic rings. The van der Waals surface area contributed by atoms with E-state index in [4.69, 9.17) is 14.6 Å². The third kappa shape index (κ3) is 3.65. The zero-order chi connectivity index (χ0) is 15.4. The smallest absolute Gasteiger partial charge is 0.305 e. The number of ether oxygens (including phenoxy) is 2. The Bertz CT molecular complexity index is 539. The molecular formula is C15H19NO5. The van der Waals surface area contributed by atoms with Gasteiger partial charge < -0.3 is 19.9 Å². The zero-order valence-electron chi connectivity index (χ0n) is 12.1. The lowest BCUT2D eigenvalue weighted by molar-refractivity contribution is -0.137. The highest BCUT2D eigenvalue weighted by Crippen LogP contribution is 2.35. The lowest BCUT2D eigenvalue weighted by Gasteiger charge is -2.18. The van der Waals surface area contributed by atoms with E-state index in [1.165, 1.54) is 14.2 Å². The number of carbonyl (C=O) groups excluding carboxylic acids is 1. The maximum absolute atomic E-state index is 12.4. The van der Waals surface area contributed by atoms with Gasteiger partial charge in [0.1, 0.15) is 0 Å². The standard InChI is InChI=1S/C15H19NO5/c1-20-12-5-3-4-10(14(12)21-2)15(19)16-11(8-13(17)18)9-6-7-9/h3-5,9,11H,6-8H2,1-2H3,(H,16,19)(H,17,18). The van der Waals surface area contributed by atoms with Gasteiger partial charge in [0.2, 0.25) is 0 Å². The maximum atomic E-state index is 12.4. The number of benzene rings is 1. The summed E-state index contributed by atoms with van der Waals surface area (Å²) >= 11 is 0. The average Bonchev–Trinajstić information content (AvgIpc) is 3.29. The topological polar surface area (TPSA) is 84.9 Å². The molecule has 2 N–H and O–H groups in total. The summed E-state index contributed by atoms with van der Waals surface area (Å²) in [5, 5.41) is 11.7. The minimum Gasteiger partial charge on any atom is -0.493 e. The molecule has 114 valence electrons. The van der Waals surface area contributed by atoms with Gasteiger partial charge in [0, 0.05) is 6.04 Å². The SMILES string of the molecule is COc1cccc(C(=O)NC(CC(=O)O)C2CC2)c1OC. The van der Waals surface area contributed by atoms with E-state index in [0.717, 1.165) is 12.8 Å². The third-order valence-corrected chi connectivity index (χ3v) is 3.55. The van der Waals surface area contributed by atoms with Crippen LogP contribution in [0, 0.1) is 5.92 Å². The van der Waals surface area contributed by atoms with Gasteiger partial charge in [-0.1, -0.05) is 6.07 Å². The van der Waals surface area contributed by atoms with Crippen LogP contribution in [0.1, 0.15) is 29.6 Å². The summed E-state index contributed by atoms with van der Waals surface area (Å²) in [4.78, 5) is 23.3. The van der Waals surface area contributed by atoms with Crippen molar-refractivity contribution in [3.8, 4) is 11.5 Å². The van der Waals surface area contributed by atoms with Crippen LogP contribution >= 0.6 is 0 Å². The molecule has 0 saturated heterocycles. The fourth-order valence-corrected chi connectivity index (χ4v) is 2.33. The number of aliphatic carboxylic acids is 1. The molecule has 2 rings (SSSR count). The zero-order valence-corrected chi connectivity index (χ0v) is 12.1. The second kappa shape index (κ2) is 6.47. The minimum atomic E-state index is -0.912. The highest BCUT2D eigenvalue weighted by Gasteiger charge is 2.34. The largest absolute Gasteiger partial charge is 0.493 e. The van der Waals surface area contributed by atoms with Crippen LogP contribution < -0.4 is 14.8 Å². The number of rotatable bonds is 7. The normalized spacial score (nSPS) is 15.1. The number of carboxylic acid groups (broad SMARTS) is 1. The second-order valence-corrected chi connectivity index (χ2v) is 5.06. The van der Waals surface area contributed by atoms with Gasteiger partial charge >= 0.3 is 5.97 Å². The Morgan fingerprint density at radius 3 is 2.57 bits per heavy atom. The lowest BCUT2D eigenvalue weighted by atomic mass is 10.1. The minimum absolute atomic E-state index is 0.0668. The van der Waals surface area contributed by atoms with Crippen LogP contribution in [-0.2, 0) is 4.79 Å². The summed E-state index contributed by atoms with van der Waals surface area (Å²) in [5.74, 6) is -0.191. The molecular weight excluding hydrogens is 274 g/mol. The van der Waals surface area contributed by atoms with Crippen LogP contribution in [0.15, 0.2) is 18.2 Å². The third-order valence-electron chi connectivity index (χ3n) is 3.55. The number of hydrogen-bond donors (Lipinski definition) is 2. The number of methoxy groups -OCH3 is 2. The van der Waals surface area contributed by atoms with Crippen LogP contribution in [0.2, 0.25) is 0 Å². The predicted octanol–water partition coefficient (Wildman–Crippen LogP) is 1.69. The van der Waals surface area contributed by atoms with Gasteiger partial charge in [0.25, 0.3) is 5.91 Å². The maximum Gasteiger partial charge on any atom is 0.305 e. The summed E-state index contributed by atoms with van der Waals surface area (Å²) < 4.78 is 10.4. The molecule has 1 saturated carbocycles. The molecule has 1 atom stereocenters. The molecule has 1 unspecified atom stereocenters. The highest BCUT2D eigenvalue weighted by molar-refractivity contribution is 5.98. The number of para-hydroxylation sites is 1. The molecule has 1 fully saturated rings. The van der Waals surface area contributed by atoms with E-state index >= 15 is 0 Å². The van der Waals surface area contributed by atoms with E-state index in [2.05, 4.69) is 5.32 Å². The number of carboxylic acids is 1. The monoisotopic (exact) mass is 293 g/mol. The summed E-state index contributed by atoms with van der Waals surface area (Å²) in [5.41, 5.74) is 0.341. The Kier molecular flexibility index (Phi) is 4.67. The Hall–Kier alpha value is -2.24. The van der Waals surface area contributed by atoms with Gasteiger partial charge in [-0.05, 0) is 30.9 Å². The van der Waals surface area contributed by atoms with E-state index in [0.29, 0.717) is 17.1 Å². The molecule has 1 amide bonds. The molecule has 1 aliphatic carbocycles. The van der Waals surface area contributed by atoms with Gasteiger partial charge in [0.15, 0.2) is 11.5 Å². The summed E-state index contributed by atoms with van der Waals surface area (Å²) in [6.45, 7) is 0. The van der Waals surface area contributed by atoms with Crippen LogP contribution in [0.5, 0.6) is 11.5 Å². The van der Waals surface area contributed by atoms with Crippen LogP contribution in [-0.4, -0.2) is 37.2 Å². The van der Waals surface area contributed by atoms with Crippen molar-refractivity contribution in [1.82, 2.24) is 5.32 Å². The number of carbonyl (C=O) groups is 2. The first-order chi connectivity index (χ1) is 10.1. The average molecular weight is 293 g/mol.